The molecule has 1 unspecified atom stereocenters. The number of furan rings is 1. The van der Waals surface area contributed by atoms with Crippen molar-refractivity contribution in [2.75, 3.05) is 6.54 Å². The summed E-state index contributed by atoms with van der Waals surface area (Å²) >= 11 is 0. The SMILES string of the molecule is O=C(O)c1occc1CNCC(O)C(F)(F)F. The number of aliphatic hydroxyl groups excluding tert-OH is 1. The normalized spacial score (nSPS) is 13.6. The Balaban J connectivity index is 2.46. The number of halogens is 3. The highest BCUT2D eigenvalue weighted by atomic mass is 19.4. The first-order valence-electron chi connectivity index (χ1n) is 4.57. The molecule has 0 aromatic carbocycles. The molecule has 0 aliphatic rings. The molecule has 8 heteroatoms. The van der Waals surface area contributed by atoms with Crippen LogP contribution in [0, 0.1) is 0 Å². The number of hydrogen-bond acceptors (Lipinski definition) is 4. The molecule has 1 heterocycles. The molecule has 96 valence electrons. The van der Waals surface area contributed by atoms with Gasteiger partial charge in [0.1, 0.15) is 0 Å². The Kier molecular flexibility index (Phi) is 4.13. The highest BCUT2D eigenvalue weighted by molar-refractivity contribution is 5.86. The molecular formula is C9H10F3NO4. The van der Waals surface area contributed by atoms with E-state index in [0.717, 1.165) is 6.26 Å². The van der Waals surface area contributed by atoms with Gasteiger partial charge in [-0.05, 0) is 6.07 Å². The van der Waals surface area contributed by atoms with Gasteiger partial charge < -0.3 is 19.9 Å². The third-order valence-electron chi connectivity index (χ3n) is 1.97. The van der Waals surface area contributed by atoms with Crippen LogP contribution in [0.2, 0.25) is 0 Å². The number of aliphatic hydroxyl groups is 1. The summed E-state index contributed by atoms with van der Waals surface area (Å²) in [6.45, 7) is -0.848. The molecule has 0 spiro atoms. The van der Waals surface area contributed by atoms with Crippen molar-refractivity contribution in [3.05, 3.63) is 23.7 Å². The minimum absolute atomic E-state index is 0.134. The summed E-state index contributed by atoms with van der Waals surface area (Å²) in [5, 5.41) is 19.6. The average molecular weight is 253 g/mol. The Morgan fingerprint density at radius 2 is 2.18 bits per heavy atom. The van der Waals surface area contributed by atoms with Crippen LogP contribution in [0.15, 0.2) is 16.7 Å². The molecule has 0 radical (unpaired) electrons. The molecule has 0 amide bonds. The maximum Gasteiger partial charge on any atom is 0.415 e. The minimum Gasteiger partial charge on any atom is -0.475 e. The first-order valence-corrected chi connectivity index (χ1v) is 4.57. The molecule has 0 aliphatic carbocycles. The summed E-state index contributed by atoms with van der Waals surface area (Å²) in [7, 11) is 0. The largest absolute Gasteiger partial charge is 0.475 e. The van der Waals surface area contributed by atoms with Crippen molar-refractivity contribution in [3.8, 4) is 0 Å². The van der Waals surface area contributed by atoms with E-state index in [0.29, 0.717) is 0 Å². The third kappa shape index (κ3) is 3.75. The van der Waals surface area contributed by atoms with Crippen LogP contribution in [-0.2, 0) is 6.54 Å². The first kappa shape index (κ1) is 13.5. The third-order valence-corrected chi connectivity index (χ3v) is 1.97. The average Bonchev–Trinajstić information content (AvgIpc) is 2.64. The highest BCUT2D eigenvalue weighted by Gasteiger charge is 2.37. The fourth-order valence-corrected chi connectivity index (χ4v) is 1.12. The van der Waals surface area contributed by atoms with Crippen molar-refractivity contribution in [1.29, 1.82) is 0 Å². The van der Waals surface area contributed by atoms with E-state index in [2.05, 4.69) is 9.73 Å². The molecule has 17 heavy (non-hydrogen) atoms. The van der Waals surface area contributed by atoms with Gasteiger partial charge in [-0.1, -0.05) is 0 Å². The van der Waals surface area contributed by atoms with Crippen molar-refractivity contribution in [1.82, 2.24) is 5.32 Å². The zero-order chi connectivity index (χ0) is 13.1. The van der Waals surface area contributed by atoms with Gasteiger partial charge in [-0.15, -0.1) is 0 Å². The number of aromatic carboxylic acids is 1. The van der Waals surface area contributed by atoms with Crippen LogP contribution >= 0.6 is 0 Å². The van der Waals surface area contributed by atoms with Crippen molar-refractivity contribution in [2.45, 2.75) is 18.8 Å². The molecule has 1 rings (SSSR count). The van der Waals surface area contributed by atoms with Crippen LogP contribution in [0.4, 0.5) is 13.2 Å². The summed E-state index contributed by atoms with van der Waals surface area (Å²) in [6.07, 6.45) is -6.05. The van der Waals surface area contributed by atoms with Crippen molar-refractivity contribution < 1.29 is 32.6 Å². The Labute approximate surface area is 93.8 Å². The molecule has 1 aromatic rings. The first-order chi connectivity index (χ1) is 7.82. The summed E-state index contributed by atoms with van der Waals surface area (Å²) in [5.74, 6) is -1.64. The van der Waals surface area contributed by atoms with Gasteiger partial charge in [-0.25, -0.2) is 4.79 Å². The smallest absolute Gasteiger partial charge is 0.415 e. The van der Waals surface area contributed by atoms with Crippen LogP contribution in [-0.4, -0.2) is 35.0 Å². The second-order valence-electron chi connectivity index (χ2n) is 3.27. The number of rotatable bonds is 5. The van der Waals surface area contributed by atoms with Gasteiger partial charge in [0.05, 0.1) is 6.26 Å². The fourth-order valence-electron chi connectivity index (χ4n) is 1.12. The number of carboxylic acid groups (broad SMARTS) is 1. The number of nitrogens with one attached hydrogen (secondary N) is 1. The quantitative estimate of drug-likeness (QED) is 0.729. The lowest BCUT2D eigenvalue weighted by Crippen LogP contribution is -2.38. The Morgan fingerprint density at radius 1 is 1.53 bits per heavy atom. The summed E-state index contributed by atoms with van der Waals surface area (Å²) in [6, 6.07) is 1.33. The van der Waals surface area contributed by atoms with E-state index >= 15 is 0 Å². The van der Waals surface area contributed by atoms with Gasteiger partial charge in [0.15, 0.2) is 6.10 Å². The second-order valence-corrected chi connectivity index (χ2v) is 3.27. The fraction of sp³-hybridized carbons (Fsp3) is 0.444. The number of alkyl halides is 3. The summed E-state index contributed by atoms with van der Waals surface area (Å²) in [5.41, 5.74) is 0.215. The van der Waals surface area contributed by atoms with Crippen LogP contribution in [0.25, 0.3) is 0 Å². The maximum atomic E-state index is 11.9. The van der Waals surface area contributed by atoms with Crippen molar-refractivity contribution >= 4 is 5.97 Å². The van der Waals surface area contributed by atoms with Gasteiger partial charge in [0.2, 0.25) is 5.76 Å². The molecule has 0 fully saturated rings. The summed E-state index contributed by atoms with van der Waals surface area (Å²) < 4.78 is 40.4. The molecule has 1 atom stereocenters. The van der Waals surface area contributed by atoms with E-state index in [9.17, 15) is 18.0 Å². The van der Waals surface area contributed by atoms with Gasteiger partial charge >= 0.3 is 12.1 Å². The summed E-state index contributed by atoms with van der Waals surface area (Å²) in [4.78, 5) is 10.6. The van der Waals surface area contributed by atoms with Gasteiger partial charge in [0, 0.05) is 18.7 Å². The van der Waals surface area contributed by atoms with E-state index in [1.807, 2.05) is 0 Å². The lowest BCUT2D eigenvalue weighted by atomic mass is 10.2. The number of hydrogen-bond donors (Lipinski definition) is 3. The Morgan fingerprint density at radius 3 is 2.71 bits per heavy atom. The molecule has 0 bridgehead atoms. The van der Waals surface area contributed by atoms with Crippen molar-refractivity contribution in [3.63, 3.8) is 0 Å². The molecular weight excluding hydrogens is 243 g/mol. The predicted molar refractivity (Wildman–Crippen MR) is 49.4 cm³/mol. The van der Waals surface area contributed by atoms with E-state index in [1.165, 1.54) is 6.07 Å². The van der Waals surface area contributed by atoms with Crippen LogP contribution in [0.1, 0.15) is 16.1 Å². The van der Waals surface area contributed by atoms with Crippen molar-refractivity contribution in [2.24, 2.45) is 0 Å². The van der Waals surface area contributed by atoms with Gasteiger partial charge in [-0.3, -0.25) is 0 Å². The lowest BCUT2D eigenvalue weighted by Gasteiger charge is -2.14. The number of carbonyl (C=O) groups is 1. The molecule has 5 nitrogen and oxygen atoms in total. The molecule has 0 saturated heterocycles. The second kappa shape index (κ2) is 5.19. The molecule has 0 saturated carbocycles. The van der Waals surface area contributed by atoms with E-state index in [1.54, 1.807) is 0 Å². The molecule has 3 N–H and O–H groups in total. The number of carboxylic acids is 1. The minimum atomic E-state index is -4.70. The zero-order valence-corrected chi connectivity index (χ0v) is 8.49. The maximum absolute atomic E-state index is 11.9. The van der Waals surface area contributed by atoms with Crippen LogP contribution < -0.4 is 5.32 Å². The topological polar surface area (TPSA) is 82.7 Å². The van der Waals surface area contributed by atoms with E-state index in [4.69, 9.17) is 10.2 Å². The van der Waals surface area contributed by atoms with Gasteiger partial charge in [-0.2, -0.15) is 13.2 Å². The molecule has 1 aromatic heterocycles. The van der Waals surface area contributed by atoms with E-state index < -0.39 is 24.8 Å². The van der Waals surface area contributed by atoms with Crippen LogP contribution in [0.5, 0.6) is 0 Å². The molecule has 0 aliphatic heterocycles. The monoisotopic (exact) mass is 253 g/mol. The van der Waals surface area contributed by atoms with Crippen LogP contribution in [0.3, 0.4) is 0 Å². The standard InChI is InChI=1S/C9H10F3NO4/c10-9(11,12)6(14)4-13-3-5-1-2-17-7(5)8(15)16/h1-2,6,13-14H,3-4H2,(H,15,16). The van der Waals surface area contributed by atoms with E-state index in [-0.39, 0.29) is 17.9 Å². The zero-order valence-electron chi connectivity index (χ0n) is 8.49. The predicted octanol–water partition coefficient (Wildman–Crippen LogP) is 0.991. The van der Waals surface area contributed by atoms with Gasteiger partial charge in [0.25, 0.3) is 0 Å². The Bertz CT molecular complexity index is 388. The highest BCUT2D eigenvalue weighted by Crippen LogP contribution is 2.19. The Hall–Kier alpha value is -1.54. The lowest BCUT2D eigenvalue weighted by molar-refractivity contribution is -0.201.